The molecule has 0 spiro atoms. The number of carbonyl (C=O) groups is 2. The minimum absolute atomic E-state index is 0.0594. The number of hydrogen-bond acceptors (Lipinski definition) is 3. The van der Waals surface area contributed by atoms with Gasteiger partial charge in [0, 0.05) is 11.4 Å². The Bertz CT molecular complexity index is 763. The van der Waals surface area contributed by atoms with Crippen molar-refractivity contribution in [2.24, 2.45) is 0 Å². The molecule has 2 rings (SSSR count). The summed E-state index contributed by atoms with van der Waals surface area (Å²) in [6, 6.07) is 10.6. The second kappa shape index (κ2) is 8.48. The average molecular weight is 365 g/mol. The van der Waals surface area contributed by atoms with E-state index in [1.807, 2.05) is 13.8 Å². The van der Waals surface area contributed by atoms with Gasteiger partial charge in [-0.15, -0.1) is 0 Å². The number of rotatable bonds is 6. The van der Waals surface area contributed by atoms with Crippen LogP contribution in [0, 0.1) is 5.82 Å². The highest BCUT2D eigenvalue weighted by atomic mass is 35.5. The van der Waals surface area contributed by atoms with Gasteiger partial charge in [-0.1, -0.05) is 11.6 Å². The number of amides is 2. The summed E-state index contributed by atoms with van der Waals surface area (Å²) in [4.78, 5) is 23.8. The summed E-state index contributed by atoms with van der Waals surface area (Å²) in [5, 5.41) is 5.00. The number of anilines is 2. The molecule has 0 aromatic heterocycles. The number of ether oxygens (including phenoxy) is 1. The van der Waals surface area contributed by atoms with E-state index in [0.717, 1.165) is 6.07 Å². The third-order valence-electron chi connectivity index (χ3n) is 3.03. The highest BCUT2D eigenvalue weighted by molar-refractivity contribution is 6.31. The van der Waals surface area contributed by atoms with Gasteiger partial charge < -0.3 is 15.4 Å². The smallest absolute Gasteiger partial charge is 0.233 e. The third kappa shape index (κ3) is 6.08. The Balaban J connectivity index is 1.86. The molecule has 0 saturated heterocycles. The molecule has 25 heavy (non-hydrogen) atoms. The van der Waals surface area contributed by atoms with Gasteiger partial charge in [0.25, 0.3) is 0 Å². The molecule has 2 aromatic carbocycles. The SMILES string of the molecule is CC(C)Oc1ccc(NC(=O)CC(=O)Nc2ccc(F)c(Cl)c2)cc1. The molecule has 0 fully saturated rings. The lowest BCUT2D eigenvalue weighted by molar-refractivity contribution is -0.123. The second-order valence-corrected chi connectivity index (χ2v) is 6.00. The topological polar surface area (TPSA) is 67.4 Å². The van der Waals surface area contributed by atoms with E-state index in [1.54, 1.807) is 24.3 Å². The van der Waals surface area contributed by atoms with Crippen LogP contribution in [-0.2, 0) is 9.59 Å². The summed E-state index contributed by atoms with van der Waals surface area (Å²) < 4.78 is 18.6. The van der Waals surface area contributed by atoms with Crippen molar-refractivity contribution in [3.63, 3.8) is 0 Å². The van der Waals surface area contributed by atoms with Crippen molar-refractivity contribution >= 4 is 34.8 Å². The van der Waals surface area contributed by atoms with Crippen LogP contribution in [0.5, 0.6) is 5.75 Å². The first-order valence-corrected chi connectivity index (χ1v) is 8.03. The first-order chi connectivity index (χ1) is 11.8. The van der Waals surface area contributed by atoms with Crippen LogP contribution in [0.4, 0.5) is 15.8 Å². The maximum absolute atomic E-state index is 13.1. The molecule has 0 atom stereocenters. The van der Waals surface area contributed by atoms with Crippen LogP contribution < -0.4 is 15.4 Å². The number of hydrogen-bond donors (Lipinski definition) is 2. The largest absolute Gasteiger partial charge is 0.491 e. The average Bonchev–Trinajstić information content (AvgIpc) is 2.52. The van der Waals surface area contributed by atoms with Gasteiger partial charge in [0.15, 0.2) is 0 Å². The Kier molecular flexibility index (Phi) is 6.36. The maximum Gasteiger partial charge on any atom is 0.233 e. The number of halogens is 2. The fourth-order valence-electron chi connectivity index (χ4n) is 2.02. The fraction of sp³-hybridized carbons (Fsp3) is 0.222. The Hall–Kier alpha value is -2.60. The Morgan fingerprint density at radius 1 is 1.04 bits per heavy atom. The monoisotopic (exact) mass is 364 g/mol. The van der Waals surface area contributed by atoms with Crippen LogP contribution in [0.25, 0.3) is 0 Å². The molecule has 0 saturated carbocycles. The van der Waals surface area contributed by atoms with E-state index in [4.69, 9.17) is 16.3 Å². The minimum atomic E-state index is -0.581. The van der Waals surface area contributed by atoms with E-state index in [0.29, 0.717) is 17.1 Å². The van der Waals surface area contributed by atoms with Crippen molar-refractivity contribution in [2.75, 3.05) is 10.6 Å². The van der Waals surface area contributed by atoms with E-state index in [9.17, 15) is 14.0 Å². The van der Waals surface area contributed by atoms with Crippen LogP contribution in [0.2, 0.25) is 5.02 Å². The third-order valence-corrected chi connectivity index (χ3v) is 3.32. The van der Waals surface area contributed by atoms with Gasteiger partial charge >= 0.3 is 0 Å². The summed E-state index contributed by atoms with van der Waals surface area (Å²) in [5.74, 6) is -0.885. The normalized spacial score (nSPS) is 10.4. The van der Waals surface area contributed by atoms with E-state index in [-0.39, 0.29) is 17.5 Å². The van der Waals surface area contributed by atoms with Crippen molar-refractivity contribution in [3.05, 3.63) is 53.3 Å². The molecule has 0 aliphatic carbocycles. The van der Waals surface area contributed by atoms with Crippen molar-refractivity contribution in [2.45, 2.75) is 26.4 Å². The highest BCUT2D eigenvalue weighted by Crippen LogP contribution is 2.20. The lowest BCUT2D eigenvalue weighted by Gasteiger charge is -2.11. The second-order valence-electron chi connectivity index (χ2n) is 5.59. The molecular weight excluding hydrogens is 347 g/mol. The molecule has 0 aliphatic rings. The summed E-state index contributed by atoms with van der Waals surface area (Å²) >= 11 is 5.64. The molecule has 0 unspecified atom stereocenters. The van der Waals surface area contributed by atoms with E-state index in [1.165, 1.54) is 12.1 Å². The zero-order valence-electron chi connectivity index (χ0n) is 13.8. The minimum Gasteiger partial charge on any atom is -0.491 e. The van der Waals surface area contributed by atoms with Gasteiger partial charge in [0.2, 0.25) is 11.8 Å². The first kappa shape index (κ1) is 18.7. The quantitative estimate of drug-likeness (QED) is 0.753. The first-order valence-electron chi connectivity index (χ1n) is 7.65. The van der Waals surface area contributed by atoms with E-state index < -0.39 is 17.6 Å². The predicted molar refractivity (Wildman–Crippen MR) is 95.5 cm³/mol. The molecule has 0 aliphatic heterocycles. The molecule has 0 radical (unpaired) electrons. The van der Waals surface area contributed by atoms with Crippen molar-refractivity contribution in [1.82, 2.24) is 0 Å². The maximum atomic E-state index is 13.1. The summed E-state index contributed by atoms with van der Waals surface area (Å²) in [6.45, 7) is 3.84. The molecule has 132 valence electrons. The summed E-state index contributed by atoms with van der Waals surface area (Å²) in [6.07, 6.45) is -0.316. The zero-order chi connectivity index (χ0) is 18.4. The standard InChI is InChI=1S/C18H18ClFN2O3/c1-11(2)25-14-6-3-12(4-7-14)21-17(23)10-18(24)22-13-5-8-16(20)15(19)9-13/h3-9,11H,10H2,1-2H3,(H,21,23)(H,22,24). The predicted octanol–water partition coefficient (Wildman–Crippen LogP) is 4.23. The van der Waals surface area contributed by atoms with Gasteiger partial charge in [-0.2, -0.15) is 0 Å². The van der Waals surface area contributed by atoms with Crippen LogP contribution in [-0.4, -0.2) is 17.9 Å². The van der Waals surface area contributed by atoms with Crippen LogP contribution >= 0.6 is 11.6 Å². The van der Waals surface area contributed by atoms with Gasteiger partial charge in [0.1, 0.15) is 18.0 Å². The lowest BCUT2D eigenvalue weighted by Crippen LogP contribution is -2.21. The zero-order valence-corrected chi connectivity index (χ0v) is 14.6. The Morgan fingerprint density at radius 3 is 2.16 bits per heavy atom. The Morgan fingerprint density at radius 2 is 1.60 bits per heavy atom. The van der Waals surface area contributed by atoms with Gasteiger partial charge in [-0.05, 0) is 56.3 Å². The number of carbonyl (C=O) groups excluding carboxylic acids is 2. The van der Waals surface area contributed by atoms with Crippen molar-refractivity contribution in [3.8, 4) is 5.75 Å². The van der Waals surface area contributed by atoms with E-state index >= 15 is 0 Å². The van der Waals surface area contributed by atoms with E-state index in [2.05, 4.69) is 10.6 Å². The van der Waals surface area contributed by atoms with Crippen molar-refractivity contribution < 1.29 is 18.7 Å². The summed E-state index contributed by atoms with van der Waals surface area (Å²) in [5.41, 5.74) is 0.873. The highest BCUT2D eigenvalue weighted by Gasteiger charge is 2.11. The number of benzene rings is 2. The summed E-state index contributed by atoms with van der Waals surface area (Å²) in [7, 11) is 0. The number of nitrogens with one attached hydrogen (secondary N) is 2. The van der Waals surface area contributed by atoms with Crippen LogP contribution in [0.1, 0.15) is 20.3 Å². The van der Waals surface area contributed by atoms with Crippen LogP contribution in [0.15, 0.2) is 42.5 Å². The molecule has 2 aromatic rings. The molecule has 2 amide bonds. The molecule has 0 heterocycles. The lowest BCUT2D eigenvalue weighted by atomic mass is 10.2. The molecule has 2 N–H and O–H groups in total. The van der Waals surface area contributed by atoms with Crippen LogP contribution in [0.3, 0.4) is 0 Å². The van der Waals surface area contributed by atoms with Gasteiger partial charge in [-0.3, -0.25) is 9.59 Å². The van der Waals surface area contributed by atoms with Crippen molar-refractivity contribution in [1.29, 1.82) is 0 Å². The molecule has 5 nitrogen and oxygen atoms in total. The molecular formula is C18H18ClFN2O3. The Labute approximate surface area is 150 Å². The molecule has 0 bridgehead atoms. The van der Waals surface area contributed by atoms with Gasteiger partial charge in [-0.25, -0.2) is 4.39 Å². The fourth-order valence-corrected chi connectivity index (χ4v) is 2.20. The van der Waals surface area contributed by atoms with Gasteiger partial charge in [0.05, 0.1) is 11.1 Å². The molecule has 7 heteroatoms.